The van der Waals surface area contributed by atoms with Crippen molar-refractivity contribution in [2.75, 3.05) is 6.61 Å². The summed E-state index contributed by atoms with van der Waals surface area (Å²) in [6, 6.07) is 7.16. The number of benzene rings is 1. The Kier molecular flexibility index (Phi) is 3.11. The summed E-state index contributed by atoms with van der Waals surface area (Å²) in [4.78, 5) is 3.76. The van der Waals surface area contributed by atoms with Gasteiger partial charge in [0.05, 0.1) is 0 Å². The fourth-order valence-electron chi connectivity index (χ4n) is 1.14. The molecule has 1 heterocycles. The van der Waals surface area contributed by atoms with Gasteiger partial charge in [-0.15, -0.1) is 0 Å². The highest BCUT2D eigenvalue weighted by Gasteiger charge is 2.19. The monoisotopic (exact) mass is 301 g/mol. The standard InChI is InChI=1S/C10H8BrNO3S/c11-8-1-3-9(4-2-8)15-6-10-5-12-7-16(10,13)14/h1-5,7H,6H2. The van der Waals surface area contributed by atoms with Crippen LogP contribution in [0.4, 0.5) is 0 Å². The molecule has 0 saturated heterocycles. The van der Waals surface area contributed by atoms with Crippen LogP contribution in [-0.4, -0.2) is 20.6 Å². The maximum Gasteiger partial charge on any atom is 0.217 e. The van der Waals surface area contributed by atoms with E-state index >= 15 is 0 Å². The number of aliphatic imine (C=N–C) groups is 1. The Morgan fingerprint density at radius 2 is 1.94 bits per heavy atom. The highest BCUT2D eigenvalue weighted by molar-refractivity contribution is 9.10. The smallest absolute Gasteiger partial charge is 0.217 e. The Bertz CT molecular complexity index is 546. The summed E-state index contributed by atoms with van der Waals surface area (Å²) in [6.45, 7) is 0.00393. The molecule has 0 aliphatic carbocycles. The van der Waals surface area contributed by atoms with Crippen LogP contribution >= 0.6 is 15.9 Å². The predicted molar refractivity (Wildman–Crippen MR) is 65.1 cm³/mol. The van der Waals surface area contributed by atoms with Gasteiger partial charge >= 0.3 is 0 Å². The van der Waals surface area contributed by atoms with E-state index < -0.39 is 9.84 Å². The van der Waals surface area contributed by atoms with Gasteiger partial charge in [-0.05, 0) is 24.3 Å². The average Bonchev–Trinajstić information content (AvgIpc) is 2.57. The van der Waals surface area contributed by atoms with Crippen molar-refractivity contribution < 1.29 is 13.2 Å². The minimum Gasteiger partial charge on any atom is -0.488 e. The second kappa shape index (κ2) is 4.39. The maximum atomic E-state index is 11.3. The topological polar surface area (TPSA) is 55.7 Å². The second-order valence-electron chi connectivity index (χ2n) is 3.14. The van der Waals surface area contributed by atoms with Crippen molar-refractivity contribution in [1.29, 1.82) is 0 Å². The molecule has 0 aromatic heterocycles. The zero-order valence-electron chi connectivity index (χ0n) is 8.13. The predicted octanol–water partition coefficient (Wildman–Crippen LogP) is 2.13. The van der Waals surface area contributed by atoms with E-state index in [4.69, 9.17) is 4.74 Å². The summed E-state index contributed by atoms with van der Waals surface area (Å²) in [6.07, 6.45) is 1.30. The number of nitrogens with zero attached hydrogens (tertiary/aromatic N) is 1. The quantitative estimate of drug-likeness (QED) is 0.859. The summed E-state index contributed by atoms with van der Waals surface area (Å²) in [5.74, 6) is 0.617. The summed E-state index contributed by atoms with van der Waals surface area (Å²) in [5, 5.41) is 0. The van der Waals surface area contributed by atoms with E-state index in [1.807, 2.05) is 12.1 Å². The molecule has 0 saturated carbocycles. The molecule has 0 fully saturated rings. The Balaban J connectivity index is 2.02. The van der Waals surface area contributed by atoms with Gasteiger partial charge in [-0.3, -0.25) is 4.99 Å². The highest BCUT2D eigenvalue weighted by Crippen LogP contribution is 2.18. The lowest BCUT2D eigenvalue weighted by molar-refractivity contribution is 0.358. The number of ether oxygens (including phenoxy) is 1. The Hall–Kier alpha value is -1.14. The summed E-state index contributed by atoms with van der Waals surface area (Å²) >= 11 is 3.30. The molecule has 4 nitrogen and oxygen atoms in total. The molecular formula is C10H8BrNO3S. The average molecular weight is 302 g/mol. The number of halogens is 1. The molecule has 0 spiro atoms. The molecule has 84 valence electrons. The minimum atomic E-state index is -3.33. The van der Waals surface area contributed by atoms with Gasteiger partial charge in [-0.25, -0.2) is 8.42 Å². The van der Waals surface area contributed by atoms with Gasteiger partial charge in [-0.2, -0.15) is 0 Å². The first-order valence-electron chi connectivity index (χ1n) is 4.43. The summed E-state index contributed by atoms with van der Waals surface area (Å²) < 4.78 is 28.9. The van der Waals surface area contributed by atoms with Crippen molar-refractivity contribution in [2.45, 2.75) is 0 Å². The van der Waals surface area contributed by atoms with E-state index in [0.717, 1.165) is 10.0 Å². The summed E-state index contributed by atoms with van der Waals surface area (Å²) in [7, 11) is -3.33. The van der Waals surface area contributed by atoms with Crippen molar-refractivity contribution in [3.05, 3.63) is 39.8 Å². The Morgan fingerprint density at radius 3 is 2.50 bits per heavy atom. The first-order valence-corrected chi connectivity index (χ1v) is 6.77. The largest absolute Gasteiger partial charge is 0.488 e. The normalized spacial score (nSPS) is 17.2. The number of sulfone groups is 1. The van der Waals surface area contributed by atoms with Gasteiger partial charge in [0.1, 0.15) is 22.8 Å². The van der Waals surface area contributed by atoms with Crippen LogP contribution in [0.5, 0.6) is 5.75 Å². The number of hydrogen-bond donors (Lipinski definition) is 0. The molecule has 2 rings (SSSR count). The highest BCUT2D eigenvalue weighted by atomic mass is 79.9. The lowest BCUT2D eigenvalue weighted by Gasteiger charge is -2.05. The van der Waals surface area contributed by atoms with Crippen LogP contribution in [0, 0.1) is 0 Å². The van der Waals surface area contributed by atoms with Crippen LogP contribution in [0.25, 0.3) is 0 Å². The lowest BCUT2D eigenvalue weighted by Crippen LogP contribution is -2.09. The molecule has 1 aromatic carbocycles. The van der Waals surface area contributed by atoms with Crippen LogP contribution < -0.4 is 4.74 Å². The Labute approximate surface area is 102 Å². The van der Waals surface area contributed by atoms with E-state index in [1.165, 1.54) is 6.20 Å². The molecule has 6 heteroatoms. The van der Waals surface area contributed by atoms with Crippen molar-refractivity contribution >= 4 is 31.3 Å². The van der Waals surface area contributed by atoms with E-state index in [0.29, 0.717) is 5.75 Å². The van der Waals surface area contributed by atoms with Crippen LogP contribution in [0.1, 0.15) is 0 Å². The molecule has 0 radical (unpaired) electrons. The van der Waals surface area contributed by atoms with E-state index in [-0.39, 0.29) is 11.5 Å². The van der Waals surface area contributed by atoms with Gasteiger partial charge in [0, 0.05) is 10.7 Å². The van der Waals surface area contributed by atoms with Gasteiger partial charge in [0.15, 0.2) is 0 Å². The molecule has 1 aromatic rings. The second-order valence-corrected chi connectivity index (χ2v) is 5.88. The van der Waals surface area contributed by atoms with E-state index in [2.05, 4.69) is 20.9 Å². The zero-order valence-corrected chi connectivity index (χ0v) is 10.5. The molecule has 0 unspecified atom stereocenters. The maximum absolute atomic E-state index is 11.3. The molecular weight excluding hydrogens is 294 g/mol. The Morgan fingerprint density at radius 1 is 1.25 bits per heavy atom. The first-order chi connectivity index (χ1) is 7.58. The zero-order chi connectivity index (χ0) is 11.6. The molecule has 0 bridgehead atoms. The first kappa shape index (κ1) is 11.3. The third-order valence-electron chi connectivity index (χ3n) is 1.98. The lowest BCUT2D eigenvalue weighted by atomic mass is 10.3. The van der Waals surface area contributed by atoms with Gasteiger partial charge in [0.25, 0.3) is 0 Å². The van der Waals surface area contributed by atoms with Crippen LogP contribution in [0.15, 0.2) is 44.8 Å². The molecule has 0 N–H and O–H groups in total. The van der Waals surface area contributed by atoms with E-state index in [1.54, 1.807) is 12.1 Å². The van der Waals surface area contributed by atoms with Crippen molar-refractivity contribution in [2.24, 2.45) is 4.99 Å². The third kappa shape index (κ3) is 2.51. The molecule has 0 amide bonds. The minimum absolute atomic E-state index is 0.00393. The molecule has 16 heavy (non-hydrogen) atoms. The number of rotatable bonds is 3. The van der Waals surface area contributed by atoms with Crippen molar-refractivity contribution in [3.8, 4) is 5.75 Å². The van der Waals surface area contributed by atoms with Crippen LogP contribution in [0.2, 0.25) is 0 Å². The SMILES string of the molecule is O=S1(=O)C=NC=C1COc1ccc(Br)cc1. The molecule has 1 aliphatic rings. The van der Waals surface area contributed by atoms with Crippen LogP contribution in [-0.2, 0) is 9.84 Å². The van der Waals surface area contributed by atoms with Gasteiger partial charge in [-0.1, -0.05) is 15.9 Å². The van der Waals surface area contributed by atoms with Crippen molar-refractivity contribution in [3.63, 3.8) is 0 Å². The summed E-state index contributed by atoms with van der Waals surface area (Å²) in [5.41, 5.74) is 0.924. The van der Waals surface area contributed by atoms with Gasteiger partial charge < -0.3 is 4.74 Å². The van der Waals surface area contributed by atoms with Gasteiger partial charge in [0.2, 0.25) is 9.84 Å². The number of hydrogen-bond acceptors (Lipinski definition) is 4. The fourth-order valence-corrected chi connectivity index (χ4v) is 2.19. The van der Waals surface area contributed by atoms with Crippen LogP contribution in [0.3, 0.4) is 0 Å². The fraction of sp³-hybridized carbons (Fsp3) is 0.100. The third-order valence-corrected chi connectivity index (χ3v) is 3.86. The molecule has 0 atom stereocenters. The van der Waals surface area contributed by atoms with Crippen molar-refractivity contribution in [1.82, 2.24) is 0 Å². The van der Waals surface area contributed by atoms with E-state index in [9.17, 15) is 8.42 Å². The molecule has 1 aliphatic heterocycles.